The molecule has 0 fully saturated rings. The minimum Gasteiger partial charge on any atom is -0.268 e. The molecule has 1 aliphatic heterocycles. The molecule has 0 bridgehead atoms. The Morgan fingerprint density at radius 2 is 1.70 bits per heavy atom. The zero-order chi connectivity index (χ0) is 16.9. The fourth-order valence-corrected chi connectivity index (χ4v) is 2.49. The Hall–Kier alpha value is -2.87. The lowest BCUT2D eigenvalue weighted by molar-refractivity contribution is -0.384. The van der Waals surface area contributed by atoms with E-state index in [9.17, 15) is 28.5 Å². The number of fused-ring (bicyclic) bond motifs is 1. The highest BCUT2D eigenvalue weighted by Gasteiger charge is 2.39. The molecule has 0 saturated carbocycles. The maximum absolute atomic E-state index is 14.1. The summed E-state index contributed by atoms with van der Waals surface area (Å²) in [4.78, 5) is 34.9. The molecule has 1 heterocycles. The van der Waals surface area contributed by atoms with E-state index in [1.54, 1.807) is 0 Å². The van der Waals surface area contributed by atoms with Gasteiger partial charge in [0.25, 0.3) is 17.5 Å². The third-order valence-electron chi connectivity index (χ3n) is 3.30. The van der Waals surface area contributed by atoms with Crippen molar-refractivity contribution < 1.29 is 23.3 Å². The third-order valence-corrected chi connectivity index (χ3v) is 3.61. The first kappa shape index (κ1) is 15.0. The SMILES string of the molecule is O=C1c2ccc(F)cc2C(=O)N1c1cc([N+](=O)[O-])c(Cl)cc1F. The topological polar surface area (TPSA) is 80.5 Å². The van der Waals surface area contributed by atoms with E-state index < -0.39 is 44.8 Å². The molecular formula is C14H5ClF2N2O4. The lowest BCUT2D eigenvalue weighted by Crippen LogP contribution is -2.30. The van der Waals surface area contributed by atoms with Crippen molar-refractivity contribution in [3.63, 3.8) is 0 Å². The van der Waals surface area contributed by atoms with Gasteiger partial charge in [-0.3, -0.25) is 19.7 Å². The van der Waals surface area contributed by atoms with Crippen molar-refractivity contribution in [2.75, 3.05) is 4.90 Å². The molecule has 0 saturated heterocycles. The standard InChI is InChI=1S/C14H5ClF2N2O4/c15-9-4-10(17)12(5-11(9)19(22)23)18-13(20)7-2-1-6(16)3-8(7)14(18)21/h1-5H. The number of hydrogen-bond acceptors (Lipinski definition) is 4. The molecule has 0 aliphatic carbocycles. The van der Waals surface area contributed by atoms with Gasteiger partial charge in [0.2, 0.25) is 0 Å². The lowest BCUT2D eigenvalue weighted by Gasteiger charge is -2.14. The van der Waals surface area contributed by atoms with Crippen molar-refractivity contribution in [2.45, 2.75) is 0 Å². The molecule has 1 aliphatic rings. The zero-order valence-corrected chi connectivity index (χ0v) is 11.8. The molecule has 116 valence electrons. The number of rotatable bonds is 2. The molecule has 0 aromatic heterocycles. The summed E-state index contributed by atoms with van der Waals surface area (Å²) in [5.74, 6) is -3.70. The molecular weight excluding hydrogens is 334 g/mol. The van der Waals surface area contributed by atoms with E-state index in [1.165, 1.54) is 0 Å². The average Bonchev–Trinajstić information content (AvgIpc) is 2.71. The molecule has 2 amide bonds. The minimum absolute atomic E-state index is 0.117. The predicted molar refractivity (Wildman–Crippen MR) is 75.6 cm³/mol. The van der Waals surface area contributed by atoms with Crippen LogP contribution >= 0.6 is 11.6 Å². The fourth-order valence-electron chi connectivity index (χ4n) is 2.27. The average molecular weight is 339 g/mol. The van der Waals surface area contributed by atoms with Crippen molar-refractivity contribution >= 4 is 34.8 Å². The van der Waals surface area contributed by atoms with E-state index in [4.69, 9.17) is 11.6 Å². The van der Waals surface area contributed by atoms with Gasteiger partial charge in [-0.05, 0) is 18.2 Å². The number of imide groups is 1. The van der Waals surface area contributed by atoms with Crippen molar-refractivity contribution in [2.24, 2.45) is 0 Å². The number of nitro groups is 1. The first-order chi connectivity index (χ1) is 10.8. The summed E-state index contributed by atoms with van der Waals surface area (Å²) in [5.41, 5.74) is -1.64. The molecule has 2 aromatic carbocycles. The van der Waals surface area contributed by atoms with E-state index >= 15 is 0 Å². The molecule has 23 heavy (non-hydrogen) atoms. The van der Waals surface area contributed by atoms with Crippen LogP contribution in [-0.2, 0) is 0 Å². The van der Waals surface area contributed by atoms with Gasteiger partial charge in [-0.25, -0.2) is 13.7 Å². The second kappa shape index (κ2) is 5.10. The summed E-state index contributed by atoms with van der Waals surface area (Å²) >= 11 is 5.57. The predicted octanol–water partition coefficient (Wildman–Crippen LogP) is 3.33. The van der Waals surface area contributed by atoms with Gasteiger partial charge in [-0.15, -0.1) is 0 Å². The first-order valence-corrected chi connectivity index (χ1v) is 6.51. The minimum atomic E-state index is -1.09. The second-order valence-corrected chi connectivity index (χ2v) is 5.05. The van der Waals surface area contributed by atoms with Gasteiger partial charge in [-0.1, -0.05) is 11.6 Å². The summed E-state index contributed by atoms with van der Waals surface area (Å²) < 4.78 is 27.3. The smallest absolute Gasteiger partial charge is 0.268 e. The Morgan fingerprint density at radius 1 is 1.04 bits per heavy atom. The molecule has 0 N–H and O–H groups in total. The number of amides is 2. The summed E-state index contributed by atoms with van der Waals surface area (Å²) in [6, 6.07) is 4.24. The summed E-state index contributed by atoms with van der Waals surface area (Å²) in [6.45, 7) is 0. The molecule has 0 spiro atoms. The van der Waals surface area contributed by atoms with Crippen molar-refractivity contribution in [3.8, 4) is 0 Å². The molecule has 9 heteroatoms. The van der Waals surface area contributed by atoms with Crippen LogP contribution in [0.15, 0.2) is 30.3 Å². The van der Waals surface area contributed by atoms with Crippen LogP contribution < -0.4 is 4.90 Å². The van der Waals surface area contributed by atoms with Crippen LogP contribution in [0.2, 0.25) is 5.02 Å². The largest absolute Gasteiger partial charge is 0.290 e. The van der Waals surface area contributed by atoms with Crippen LogP contribution in [0, 0.1) is 21.7 Å². The van der Waals surface area contributed by atoms with Crippen LogP contribution in [0.1, 0.15) is 20.7 Å². The molecule has 2 aromatic rings. The maximum atomic E-state index is 14.1. The van der Waals surface area contributed by atoms with Crippen molar-refractivity contribution in [3.05, 3.63) is 68.2 Å². The quantitative estimate of drug-likeness (QED) is 0.478. The number of benzene rings is 2. The number of hydrogen-bond donors (Lipinski definition) is 0. The van der Waals surface area contributed by atoms with E-state index in [0.29, 0.717) is 17.0 Å². The van der Waals surface area contributed by atoms with Crippen LogP contribution in [0.25, 0.3) is 0 Å². The highest BCUT2D eigenvalue weighted by Crippen LogP contribution is 2.36. The Labute approximate surface area is 132 Å². The lowest BCUT2D eigenvalue weighted by atomic mass is 10.1. The molecule has 6 nitrogen and oxygen atoms in total. The van der Waals surface area contributed by atoms with Gasteiger partial charge in [-0.2, -0.15) is 0 Å². The van der Waals surface area contributed by atoms with Crippen molar-refractivity contribution in [1.82, 2.24) is 0 Å². The fraction of sp³-hybridized carbons (Fsp3) is 0. The Kier molecular flexibility index (Phi) is 3.33. The normalized spacial score (nSPS) is 13.4. The zero-order valence-electron chi connectivity index (χ0n) is 11.0. The van der Waals surface area contributed by atoms with Gasteiger partial charge in [0.15, 0.2) is 0 Å². The summed E-state index contributed by atoms with van der Waals surface area (Å²) in [7, 11) is 0. The Morgan fingerprint density at radius 3 is 2.35 bits per heavy atom. The van der Waals surface area contributed by atoms with Gasteiger partial charge in [0, 0.05) is 12.1 Å². The van der Waals surface area contributed by atoms with E-state index in [1.807, 2.05) is 0 Å². The summed E-state index contributed by atoms with van der Waals surface area (Å²) in [6.07, 6.45) is 0. The van der Waals surface area contributed by atoms with Crippen LogP contribution in [-0.4, -0.2) is 16.7 Å². The van der Waals surface area contributed by atoms with E-state index in [0.717, 1.165) is 18.2 Å². The second-order valence-electron chi connectivity index (χ2n) is 4.65. The Balaban J connectivity index is 2.18. The number of carbonyl (C=O) groups excluding carboxylic acids is 2. The molecule has 0 unspecified atom stereocenters. The van der Waals surface area contributed by atoms with Gasteiger partial charge >= 0.3 is 0 Å². The third kappa shape index (κ3) is 2.23. The highest BCUT2D eigenvalue weighted by atomic mass is 35.5. The van der Waals surface area contributed by atoms with Gasteiger partial charge < -0.3 is 0 Å². The number of nitro benzene ring substituents is 1. The molecule has 3 rings (SSSR count). The monoisotopic (exact) mass is 338 g/mol. The van der Waals surface area contributed by atoms with Crippen LogP contribution in [0.3, 0.4) is 0 Å². The van der Waals surface area contributed by atoms with Crippen LogP contribution in [0.4, 0.5) is 20.2 Å². The number of nitrogens with zero attached hydrogens (tertiary/aromatic N) is 2. The van der Waals surface area contributed by atoms with E-state index in [2.05, 4.69) is 0 Å². The highest BCUT2D eigenvalue weighted by molar-refractivity contribution is 6.35. The molecule has 0 atom stereocenters. The van der Waals surface area contributed by atoms with Gasteiger partial charge in [0.1, 0.15) is 16.7 Å². The van der Waals surface area contributed by atoms with Gasteiger partial charge in [0.05, 0.1) is 21.7 Å². The maximum Gasteiger partial charge on any atom is 0.290 e. The number of anilines is 1. The summed E-state index contributed by atoms with van der Waals surface area (Å²) in [5, 5.41) is 10.4. The molecule has 0 radical (unpaired) electrons. The number of carbonyl (C=O) groups is 2. The van der Waals surface area contributed by atoms with Crippen molar-refractivity contribution in [1.29, 1.82) is 0 Å². The van der Waals surface area contributed by atoms with E-state index in [-0.39, 0.29) is 11.1 Å². The first-order valence-electron chi connectivity index (χ1n) is 6.13. The van der Waals surface area contributed by atoms with Crippen LogP contribution in [0.5, 0.6) is 0 Å². The number of halogens is 3. The Bertz CT molecular complexity index is 901.